The number of fused-ring (bicyclic) bond motifs is 5. The Hall–Kier alpha value is -4.57. The van der Waals surface area contributed by atoms with Gasteiger partial charge in [0.1, 0.15) is 30.4 Å². The van der Waals surface area contributed by atoms with Crippen molar-refractivity contribution in [3.05, 3.63) is 65.4 Å². The van der Waals surface area contributed by atoms with Crippen LogP contribution in [0.2, 0.25) is 0 Å². The maximum atomic E-state index is 12.6. The molecule has 1 aliphatic carbocycles. The standard InChI is InChI=1S/C37H40N4O6/c42-33-7-4-14-40(33)26-8-13-31(39-15-18-45-19-16-39)25(21-26)23-47-27-9-10-28-32(22-27)46-20-17-41-35(28)34(24-5-2-1-3-6-24)29-11-12-30(37(43)44)38-36(29)41/h8-13,21-22,24H,1-7,14-20,23H2,(H,43,44). The maximum Gasteiger partial charge on any atom is 0.354 e. The molecule has 2 aromatic heterocycles. The number of carboxylic acids is 1. The third-order valence-electron chi connectivity index (χ3n) is 10.2. The Bertz CT molecular complexity index is 1840. The number of rotatable bonds is 7. The number of pyridine rings is 1. The predicted octanol–water partition coefficient (Wildman–Crippen LogP) is 6.38. The highest BCUT2D eigenvalue weighted by atomic mass is 16.5. The van der Waals surface area contributed by atoms with Crippen molar-refractivity contribution >= 4 is 34.3 Å². The molecule has 0 bridgehead atoms. The average molecular weight is 637 g/mol. The van der Waals surface area contributed by atoms with E-state index in [9.17, 15) is 14.7 Å². The molecule has 1 saturated carbocycles. The third-order valence-corrected chi connectivity index (χ3v) is 10.2. The lowest BCUT2D eigenvalue weighted by Gasteiger charge is -2.31. The van der Waals surface area contributed by atoms with E-state index < -0.39 is 5.97 Å². The van der Waals surface area contributed by atoms with Gasteiger partial charge < -0.3 is 33.7 Å². The van der Waals surface area contributed by atoms with Crippen LogP contribution in [0.15, 0.2) is 48.5 Å². The number of carboxylic acid groups (broad SMARTS) is 1. The fourth-order valence-electron chi connectivity index (χ4n) is 7.88. The van der Waals surface area contributed by atoms with Gasteiger partial charge in [0.15, 0.2) is 5.69 Å². The number of amides is 1. The third kappa shape index (κ3) is 5.58. The Morgan fingerprint density at radius 3 is 2.57 bits per heavy atom. The van der Waals surface area contributed by atoms with Crippen molar-refractivity contribution < 1.29 is 28.9 Å². The van der Waals surface area contributed by atoms with E-state index in [0.717, 1.165) is 78.2 Å². The number of aromatic carboxylic acids is 1. The second-order valence-electron chi connectivity index (χ2n) is 13.0. The summed E-state index contributed by atoms with van der Waals surface area (Å²) in [7, 11) is 0. The first kappa shape index (κ1) is 29.8. The van der Waals surface area contributed by atoms with Crippen LogP contribution in [-0.2, 0) is 22.7 Å². The molecule has 1 amide bonds. The number of morpholine rings is 1. The molecule has 0 atom stereocenters. The van der Waals surface area contributed by atoms with Crippen LogP contribution < -0.4 is 19.3 Å². The summed E-state index contributed by atoms with van der Waals surface area (Å²) in [6.45, 7) is 5.07. The zero-order valence-electron chi connectivity index (χ0n) is 26.6. The van der Waals surface area contributed by atoms with Crippen LogP contribution in [0.5, 0.6) is 11.5 Å². The molecule has 0 unspecified atom stereocenters. The summed E-state index contributed by atoms with van der Waals surface area (Å²) in [6.07, 6.45) is 7.31. The SMILES string of the molecule is O=C(O)c1ccc2c(C3CCCCC3)c3n(c2n1)CCOc1cc(OCc2cc(N4CCCC4=O)ccc2N2CCOCC2)ccc1-3. The fourth-order valence-corrected chi connectivity index (χ4v) is 7.88. The lowest BCUT2D eigenvalue weighted by molar-refractivity contribution is -0.117. The van der Waals surface area contributed by atoms with Gasteiger partial charge in [0.05, 0.1) is 25.5 Å². The smallest absolute Gasteiger partial charge is 0.354 e. The van der Waals surface area contributed by atoms with Crippen LogP contribution >= 0.6 is 0 Å². The molecule has 5 heterocycles. The molecule has 10 heteroatoms. The summed E-state index contributed by atoms with van der Waals surface area (Å²) < 4.78 is 20.6. The molecule has 2 aromatic carbocycles. The Balaban J connectivity index is 1.14. The first-order valence-electron chi connectivity index (χ1n) is 17.0. The van der Waals surface area contributed by atoms with E-state index in [0.29, 0.717) is 56.7 Å². The largest absolute Gasteiger partial charge is 0.491 e. The first-order chi connectivity index (χ1) is 23.0. The molecule has 4 aliphatic rings. The minimum Gasteiger partial charge on any atom is -0.491 e. The molecule has 0 spiro atoms. The second kappa shape index (κ2) is 12.6. The molecule has 4 aromatic rings. The van der Waals surface area contributed by atoms with Crippen molar-refractivity contribution in [3.63, 3.8) is 0 Å². The average Bonchev–Trinajstić information content (AvgIpc) is 3.62. The van der Waals surface area contributed by atoms with Crippen molar-refractivity contribution in [3.8, 4) is 22.8 Å². The predicted molar refractivity (Wildman–Crippen MR) is 179 cm³/mol. The topological polar surface area (TPSA) is 106 Å². The summed E-state index contributed by atoms with van der Waals surface area (Å²) in [4.78, 5) is 33.3. The molecule has 3 aliphatic heterocycles. The van der Waals surface area contributed by atoms with Crippen molar-refractivity contribution in [1.29, 1.82) is 0 Å². The highest BCUT2D eigenvalue weighted by Gasteiger charge is 2.31. The van der Waals surface area contributed by atoms with Gasteiger partial charge in [0.25, 0.3) is 0 Å². The first-order valence-corrected chi connectivity index (χ1v) is 17.0. The number of carbonyl (C=O) groups is 2. The molecule has 1 N–H and O–H groups in total. The van der Waals surface area contributed by atoms with Crippen molar-refractivity contribution in [1.82, 2.24) is 9.55 Å². The van der Waals surface area contributed by atoms with E-state index in [-0.39, 0.29) is 11.6 Å². The van der Waals surface area contributed by atoms with Gasteiger partial charge in [0.2, 0.25) is 5.91 Å². The number of ether oxygens (including phenoxy) is 3. The Labute approximate surface area is 273 Å². The zero-order chi connectivity index (χ0) is 31.9. The summed E-state index contributed by atoms with van der Waals surface area (Å²) in [5.41, 5.74) is 7.13. The molecule has 0 radical (unpaired) electrons. The van der Waals surface area contributed by atoms with Crippen LogP contribution in [0.4, 0.5) is 11.4 Å². The van der Waals surface area contributed by atoms with Crippen LogP contribution in [0.25, 0.3) is 22.3 Å². The van der Waals surface area contributed by atoms with Crippen LogP contribution in [-0.4, -0.2) is 66.0 Å². The van der Waals surface area contributed by atoms with E-state index in [4.69, 9.17) is 14.2 Å². The van der Waals surface area contributed by atoms with E-state index >= 15 is 0 Å². The highest BCUT2D eigenvalue weighted by molar-refractivity contribution is 5.96. The lowest BCUT2D eigenvalue weighted by atomic mass is 9.82. The Morgan fingerprint density at radius 1 is 0.936 bits per heavy atom. The highest BCUT2D eigenvalue weighted by Crippen LogP contribution is 2.47. The van der Waals surface area contributed by atoms with Crippen LogP contribution in [0, 0.1) is 0 Å². The van der Waals surface area contributed by atoms with Crippen molar-refractivity contribution in [2.24, 2.45) is 0 Å². The van der Waals surface area contributed by atoms with Crippen molar-refractivity contribution in [2.45, 2.75) is 64.0 Å². The van der Waals surface area contributed by atoms with E-state index in [1.165, 1.54) is 24.8 Å². The molecule has 47 heavy (non-hydrogen) atoms. The van der Waals surface area contributed by atoms with Gasteiger partial charge in [-0.3, -0.25) is 4.79 Å². The summed E-state index contributed by atoms with van der Waals surface area (Å²) in [5.74, 6) is 0.982. The number of hydrogen-bond donors (Lipinski definition) is 1. The number of nitrogens with zero attached hydrogens (tertiary/aromatic N) is 4. The second-order valence-corrected chi connectivity index (χ2v) is 13.0. The zero-order valence-corrected chi connectivity index (χ0v) is 26.6. The van der Waals surface area contributed by atoms with Crippen LogP contribution in [0.1, 0.15) is 72.5 Å². The molecule has 3 fully saturated rings. The quantitative estimate of drug-likeness (QED) is 0.249. The van der Waals surface area contributed by atoms with Gasteiger partial charge in [-0.2, -0.15) is 0 Å². The van der Waals surface area contributed by atoms with E-state index in [2.05, 4.69) is 32.7 Å². The normalized spacial score (nSPS) is 18.5. The van der Waals surface area contributed by atoms with Crippen LogP contribution in [0.3, 0.4) is 0 Å². The molecule has 8 rings (SSSR count). The lowest BCUT2D eigenvalue weighted by Crippen LogP contribution is -2.37. The summed E-state index contributed by atoms with van der Waals surface area (Å²) >= 11 is 0. The number of hydrogen-bond acceptors (Lipinski definition) is 7. The molecule has 10 nitrogen and oxygen atoms in total. The summed E-state index contributed by atoms with van der Waals surface area (Å²) in [5, 5.41) is 10.8. The van der Waals surface area contributed by atoms with E-state index in [1.54, 1.807) is 6.07 Å². The van der Waals surface area contributed by atoms with E-state index in [1.807, 2.05) is 29.2 Å². The van der Waals surface area contributed by atoms with Gasteiger partial charge in [-0.25, -0.2) is 9.78 Å². The van der Waals surface area contributed by atoms with Gasteiger partial charge in [0, 0.05) is 60.0 Å². The maximum absolute atomic E-state index is 12.6. The molecular formula is C37H40N4O6. The van der Waals surface area contributed by atoms with Gasteiger partial charge in [-0.1, -0.05) is 19.3 Å². The molecule has 2 saturated heterocycles. The molecule has 244 valence electrons. The minimum atomic E-state index is -1.02. The molecular weight excluding hydrogens is 596 g/mol. The van der Waals surface area contributed by atoms with Gasteiger partial charge in [-0.15, -0.1) is 0 Å². The minimum absolute atomic E-state index is 0.0525. The van der Waals surface area contributed by atoms with Gasteiger partial charge >= 0.3 is 5.97 Å². The number of aromatic nitrogens is 2. The Kier molecular flexibility index (Phi) is 7.97. The Morgan fingerprint density at radius 2 is 1.79 bits per heavy atom. The fraction of sp³-hybridized carbons (Fsp3) is 0.432. The number of carbonyl (C=O) groups excluding carboxylic acids is 1. The number of benzene rings is 2. The van der Waals surface area contributed by atoms with Crippen molar-refractivity contribution in [2.75, 3.05) is 49.3 Å². The van der Waals surface area contributed by atoms with Gasteiger partial charge in [-0.05, 0) is 73.2 Å². The number of anilines is 2. The monoisotopic (exact) mass is 636 g/mol. The summed E-state index contributed by atoms with van der Waals surface area (Å²) in [6, 6.07) is 15.9.